The molecule has 3 N–H and O–H groups in total. The van der Waals surface area contributed by atoms with Gasteiger partial charge < -0.3 is 15.6 Å². The summed E-state index contributed by atoms with van der Waals surface area (Å²) in [5, 5.41) is 9.83. The Morgan fingerprint density at radius 1 is 0.963 bits per heavy atom. The molecule has 0 aliphatic carbocycles. The average Bonchev–Trinajstić information content (AvgIpc) is 2.67. The summed E-state index contributed by atoms with van der Waals surface area (Å²) in [5.41, 5.74) is 9.72. The second-order valence-electron chi connectivity index (χ2n) is 6.11. The standard InChI is InChI=1S/C22H21NO3.ClH/c23-21(22(25)26-15-16-7-3-1-4-8-16)14-18-13-19(24)11-12-20(18)17-9-5-2-6-10-17;/h1-13,21,24H,14-15,23H2;1H/t21-;/m0./s1. The van der Waals surface area contributed by atoms with Gasteiger partial charge in [-0.1, -0.05) is 66.7 Å². The Morgan fingerprint density at radius 2 is 1.59 bits per heavy atom. The van der Waals surface area contributed by atoms with Gasteiger partial charge in [-0.2, -0.15) is 0 Å². The fourth-order valence-electron chi connectivity index (χ4n) is 2.80. The van der Waals surface area contributed by atoms with E-state index < -0.39 is 12.0 Å². The zero-order valence-electron chi connectivity index (χ0n) is 14.7. The molecule has 0 heterocycles. The molecule has 0 spiro atoms. The molecule has 0 amide bonds. The Morgan fingerprint density at radius 3 is 2.26 bits per heavy atom. The largest absolute Gasteiger partial charge is 0.508 e. The van der Waals surface area contributed by atoms with Crippen molar-refractivity contribution in [3.8, 4) is 16.9 Å². The van der Waals surface area contributed by atoms with Crippen LogP contribution in [0.5, 0.6) is 5.75 Å². The summed E-state index contributed by atoms with van der Waals surface area (Å²) >= 11 is 0. The Kier molecular flexibility index (Phi) is 7.41. The molecule has 0 saturated carbocycles. The third-order valence-corrected chi connectivity index (χ3v) is 4.14. The summed E-state index contributed by atoms with van der Waals surface area (Å²) in [7, 11) is 0. The predicted octanol–water partition coefficient (Wildman–Crippen LogP) is 4.09. The van der Waals surface area contributed by atoms with Gasteiger partial charge in [-0.05, 0) is 40.8 Å². The number of nitrogens with two attached hydrogens (primary N) is 1. The van der Waals surface area contributed by atoms with Crippen LogP contribution >= 0.6 is 12.4 Å². The maximum Gasteiger partial charge on any atom is 0.323 e. The number of phenols is 1. The number of benzene rings is 3. The van der Waals surface area contributed by atoms with Crippen molar-refractivity contribution in [3.05, 3.63) is 90.0 Å². The summed E-state index contributed by atoms with van der Waals surface area (Å²) in [6.45, 7) is 0.193. The van der Waals surface area contributed by atoms with Gasteiger partial charge in [0.25, 0.3) is 0 Å². The molecule has 0 aromatic heterocycles. The highest BCUT2D eigenvalue weighted by atomic mass is 35.5. The number of carbonyl (C=O) groups excluding carboxylic acids is 1. The minimum atomic E-state index is -0.803. The molecule has 5 heteroatoms. The van der Waals surface area contributed by atoms with Crippen LogP contribution in [0, 0.1) is 0 Å². The van der Waals surface area contributed by atoms with Crippen LogP contribution in [0.15, 0.2) is 78.9 Å². The van der Waals surface area contributed by atoms with E-state index >= 15 is 0 Å². The van der Waals surface area contributed by atoms with Crippen LogP contribution < -0.4 is 5.73 Å². The van der Waals surface area contributed by atoms with Crippen LogP contribution in [-0.4, -0.2) is 17.1 Å². The van der Waals surface area contributed by atoms with Crippen LogP contribution in [0.3, 0.4) is 0 Å². The maximum atomic E-state index is 12.2. The SMILES string of the molecule is Cl.N[C@@H](Cc1cc(O)ccc1-c1ccccc1)C(=O)OCc1ccccc1. The quantitative estimate of drug-likeness (QED) is 0.629. The minimum absolute atomic E-state index is 0. The lowest BCUT2D eigenvalue weighted by Crippen LogP contribution is -2.34. The summed E-state index contributed by atoms with van der Waals surface area (Å²) < 4.78 is 5.31. The van der Waals surface area contributed by atoms with Crippen molar-refractivity contribution in [3.63, 3.8) is 0 Å². The van der Waals surface area contributed by atoms with Gasteiger partial charge in [0.1, 0.15) is 18.4 Å². The Balaban J connectivity index is 0.00000261. The van der Waals surface area contributed by atoms with E-state index in [-0.39, 0.29) is 31.2 Å². The molecule has 0 fully saturated rings. The number of hydrogen-bond donors (Lipinski definition) is 2. The average molecular weight is 384 g/mol. The highest BCUT2D eigenvalue weighted by Gasteiger charge is 2.18. The van der Waals surface area contributed by atoms with Crippen LogP contribution in [0.4, 0.5) is 0 Å². The van der Waals surface area contributed by atoms with Crippen LogP contribution in [0.25, 0.3) is 11.1 Å². The lowest BCUT2D eigenvalue weighted by molar-refractivity contribution is -0.146. The van der Waals surface area contributed by atoms with Crippen LogP contribution in [0.1, 0.15) is 11.1 Å². The van der Waals surface area contributed by atoms with Gasteiger partial charge in [-0.25, -0.2) is 0 Å². The molecule has 0 saturated heterocycles. The van der Waals surface area contributed by atoms with E-state index in [4.69, 9.17) is 10.5 Å². The molecule has 0 unspecified atom stereocenters. The second kappa shape index (κ2) is 9.76. The number of ether oxygens (including phenoxy) is 1. The van der Waals surface area contributed by atoms with Crippen LogP contribution in [0.2, 0.25) is 0 Å². The number of esters is 1. The Hall–Kier alpha value is -2.82. The molecular formula is C22H22ClNO3. The normalized spacial score (nSPS) is 11.3. The van der Waals surface area contributed by atoms with Gasteiger partial charge >= 0.3 is 5.97 Å². The second-order valence-corrected chi connectivity index (χ2v) is 6.11. The summed E-state index contributed by atoms with van der Waals surface area (Å²) in [4.78, 5) is 12.2. The molecule has 1 atom stereocenters. The van der Waals surface area contributed by atoms with Crippen molar-refractivity contribution in [2.45, 2.75) is 19.1 Å². The summed E-state index contributed by atoms with van der Waals surface area (Å²) in [6.07, 6.45) is 0.284. The van der Waals surface area contributed by atoms with Gasteiger partial charge in [-0.15, -0.1) is 12.4 Å². The zero-order valence-corrected chi connectivity index (χ0v) is 15.6. The molecule has 0 aliphatic heterocycles. The van der Waals surface area contributed by atoms with Crippen molar-refractivity contribution in [1.82, 2.24) is 0 Å². The fraction of sp³-hybridized carbons (Fsp3) is 0.136. The molecular weight excluding hydrogens is 362 g/mol. The number of rotatable bonds is 6. The molecule has 0 aliphatic rings. The molecule has 140 valence electrons. The summed E-state index contributed by atoms with van der Waals surface area (Å²) in [6, 6.07) is 23.6. The van der Waals surface area contributed by atoms with Gasteiger partial charge in [0.05, 0.1) is 0 Å². The van der Waals surface area contributed by atoms with E-state index in [1.165, 1.54) is 0 Å². The Labute approximate surface area is 165 Å². The Bertz CT molecular complexity index is 869. The van der Waals surface area contributed by atoms with Crippen molar-refractivity contribution >= 4 is 18.4 Å². The minimum Gasteiger partial charge on any atom is -0.508 e. The summed E-state index contributed by atoms with van der Waals surface area (Å²) in [5.74, 6) is -0.319. The third-order valence-electron chi connectivity index (χ3n) is 4.14. The lowest BCUT2D eigenvalue weighted by Gasteiger charge is -2.15. The lowest BCUT2D eigenvalue weighted by atomic mass is 9.95. The molecule has 27 heavy (non-hydrogen) atoms. The fourth-order valence-corrected chi connectivity index (χ4v) is 2.80. The van der Waals surface area contributed by atoms with Crippen LogP contribution in [-0.2, 0) is 22.6 Å². The van der Waals surface area contributed by atoms with Gasteiger partial charge in [0.2, 0.25) is 0 Å². The first kappa shape index (κ1) is 20.5. The number of halogens is 1. The third kappa shape index (κ3) is 5.58. The van der Waals surface area contributed by atoms with Crippen molar-refractivity contribution in [2.24, 2.45) is 5.73 Å². The monoisotopic (exact) mass is 383 g/mol. The molecule has 3 aromatic carbocycles. The van der Waals surface area contributed by atoms with E-state index in [0.717, 1.165) is 22.3 Å². The first-order chi connectivity index (χ1) is 12.6. The van der Waals surface area contributed by atoms with E-state index in [1.807, 2.05) is 66.7 Å². The smallest absolute Gasteiger partial charge is 0.323 e. The molecule has 3 rings (SSSR count). The predicted molar refractivity (Wildman–Crippen MR) is 109 cm³/mol. The molecule has 4 nitrogen and oxygen atoms in total. The van der Waals surface area contributed by atoms with Crippen molar-refractivity contribution in [2.75, 3.05) is 0 Å². The number of phenolic OH excluding ortho intramolecular Hbond substituents is 1. The molecule has 0 radical (unpaired) electrons. The first-order valence-electron chi connectivity index (χ1n) is 8.47. The first-order valence-corrected chi connectivity index (χ1v) is 8.47. The number of carbonyl (C=O) groups is 1. The van der Waals surface area contributed by atoms with E-state index in [1.54, 1.807) is 12.1 Å². The molecule has 3 aromatic rings. The van der Waals surface area contributed by atoms with Gasteiger partial charge in [0, 0.05) is 0 Å². The highest BCUT2D eigenvalue weighted by Crippen LogP contribution is 2.27. The topological polar surface area (TPSA) is 72.5 Å². The number of aromatic hydroxyl groups is 1. The van der Waals surface area contributed by atoms with Gasteiger partial charge in [0.15, 0.2) is 0 Å². The van der Waals surface area contributed by atoms with E-state index in [2.05, 4.69) is 0 Å². The zero-order chi connectivity index (χ0) is 18.4. The van der Waals surface area contributed by atoms with Gasteiger partial charge in [-0.3, -0.25) is 4.79 Å². The number of hydrogen-bond acceptors (Lipinski definition) is 4. The maximum absolute atomic E-state index is 12.2. The van der Waals surface area contributed by atoms with Crippen molar-refractivity contribution < 1.29 is 14.6 Å². The highest BCUT2D eigenvalue weighted by molar-refractivity contribution is 5.85. The van der Waals surface area contributed by atoms with E-state index in [9.17, 15) is 9.90 Å². The van der Waals surface area contributed by atoms with Crippen molar-refractivity contribution in [1.29, 1.82) is 0 Å². The van der Waals surface area contributed by atoms with E-state index in [0.29, 0.717) is 0 Å². The molecule has 0 bridgehead atoms.